The Balaban J connectivity index is 1.72. The predicted octanol–water partition coefficient (Wildman–Crippen LogP) is 6.62. The average Bonchev–Trinajstić information content (AvgIpc) is 3.28. The molecule has 0 bridgehead atoms. The van der Waals surface area contributed by atoms with E-state index in [1.54, 1.807) is 0 Å². The number of fused-ring (bicyclic) bond motifs is 6. The van der Waals surface area contributed by atoms with Crippen molar-refractivity contribution in [1.82, 2.24) is 9.55 Å². The van der Waals surface area contributed by atoms with Crippen LogP contribution in [0.5, 0.6) is 0 Å². The van der Waals surface area contributed by atoms with E-state index >= 15 is 0 Å². The molecule has 1 aliphatic rings. The molecule has 6 rings (SSSR count). The summed E-state index contributed by atoms with van der Waals surface area (Å²) in [5, 5.41) is 3.41. The number of nitrogens with zero attached hydrogens (tertiary/aromatic N) is 3. The highest BCUT2D eigenvalue weighted by atomic mass is 16.3. The van der Waals surface area contributed by atoms with E-state index in [1.165, 1.54) is 34.9 Å². The minimum Gasteiger partial charge on any atom is -0.437 e. The summed E-state index contributed by atoms with van der Waals surface area (Å²) in [5.74, 6) is 1.13. The summed E-state index contributed by atoms with van der Waals surface area (Å²) in [4.78, 5) is 5.21. The minimum absolute atomic E-state index is 0.0929. The molecule has 0 atom stereocenters. The third-order valence-electron chi connectivity index (χ3n) is 7.99. The van der Waals surface area contributed by atoms with Crippen LogP contribution in [-0.2, 0) is 24.9 Å². The number of pyridine rings is 1. The molecule has 0 saturated heterocycles. The smallest absolute Gasteiger partial charge is 0.292 e. The third kappa shape index (κ3) is 2.76. The van der Waals surface area contributed by atoms with Gasteiger partial charge in [0.1, 0.15) is 18.0 Å². The number of hydrogen-bond acceptors (Lipinski definition) is 2. The summed E-state index contributed by atoms with van der Waals surface area (Å²) in [5.41, 5.74) is 8.15. The van der Waals surface area contributed by atoms with Crippen LogP contribution in [0.1, 0.15) is 57.2 Å². The van der Waals surface area contributed by atoms with Crippen molar-refractivity contribution in [2.45, 2.75) is 58.3 Å². The Hall–Kier alpha value is -3.14. The van der Waals surface area contributed by atoms with Crippen molar-refractivity contribution in [2.75, 3.05) is 0 Å². The zero-order chi connectivity index (χ0) is 23.3. The Morgan fingerprint density at radius 1 is 1.00 bits per heavy atom. The van der Waals surface area contributed by atoms with E-state index in [9.17, 15) is 0 Å². The van der Waals surface area contributed by atoms with E-state index in [4.69, 9.17) is 9.40 Å². The highest BCUT2D eigenvalue weighted by Crippen LogP contribution is 2.48. The van der Waals surface area contributed by atoms with Gasteiger partial charge in [0.05, 0.1) is 19.6 Å². The molecule has 0 N–H and O–H groups in total. The molecule has 0 saturated carbocycles. The third-order valence-corrected chi connectivity index (χ3v) is 7.99. The summed E-state index contributed by atoms with van der Waals surface area (Å²) >= 11 is 0. The lowest BCUT2D eigenvalue weighted by molar-refractivity contribution is -0.659. The van der Waals surface area contributed by atoms with E-state index in [-0.39, 0.29) is 10.8 Å². The molecule has 0 spiro atoms. The number of furan rings is 1. The molecule has 1 aliphatic carbocycles. The van der Waals surface area contributed by atoms with Gasteiger partial charge < -0.3 is 4.42 Å². The standard InChI is InChI=1S/C29H32N3O/c1-17-8-10-19-20-16-18-9-11-21-23(29(4,5)13-12-28(21,2)3)24(18)30-26(20)33-25(19)22(17)27-31(6)14-15-32(27)7/h8-11,14-16H,12-13H2,1-7H3/q+1. The Morgan fingerprint density at radius 3 is 2.48 bits per heavy atom. The molecule has 168 valence electrons. The van der Waals surface area contributed by atoms with Crippen LogP contribution in [0.15, 0.2) is 47.1 Å². The fourth-order valence-electron chi connectivity index (χ4n) is 5.94. The predicted molar refractivity (Wildman–Crippen MR) is 135 cm³/mol. The van der Waals surface area contributed by atoms with E-state index in [1.807, 2.05) is 0 Å². The van der Waals surface area contributed by atoms with Crippen LogP contribution in [0.3, 0.4) is 0 Å². The van der Waals surface area contributed by atoms with Crippen LogP contribution in [0.2, 0.25) is 0 Å². The summed E-state index contributed by atoms with van der Waals surface area (Å²) in [7, 11) is 4.16. The molecule has 0 radical (unpaired) electrons. The Kier molecular flexibility index (Phi) is 4.01. The Bertz CT molecular complexity index is 1580. The van der Waals surface area contributed by atoms with Gasteiger partial charge in [-0.2, -0.15) is 0 Å². The summed E-state index contributed by atoms with van der Waals surface area (Å²) in [6.45, 7) is 11.6. The largest absolute Gasteiger partial charge is 0.437 e. The summed E-state index contributed by atoms with van der Waals surface area (Å²) < 4.78 is 10.9. The number of imidazole rings is 1. The number of rotatable bonds is 1. The van der Waals surface area contributed by atoms with E-state index in [2.05, 4.69) is 101 Å². The second kappa shape index (κ2) is 6.47. The molecule has 0 unspecified atom stereocenters. The van der Waals surface area contributed by atoms with Gasteiger partial charge in [-0.3, -0.25) is 0 Å². The first-order valence-electron chi connectivity index (χ1n) is 11.9. The van der Waals surface area contributed by atoms with Gasteiger partial charge in [0.2, 0.25) is 5.71 Å². The quantitative estimate of drug-likeness (QED) is 0.276. The van der Waals surface area contributed by atoms with Crippen molar-refractivity contribution in [3.05, 3.63) is 59.4 Å². The Morgan fingerprint density at radius 2 is 1.76 bits per heavy atom. The van der Waals surface area contributed by atoms with Gasteiger partial charge in [-0.05, 0) is 53.4 Å². The topological polar surface area (TPSA) is 34.8 Å². The molecule has 5 aromatic rings. The first-order chi connectivity index (χ1) is 15.6. The maximum atomic E-state index is 6.58. The van der Waals surface area contributed by atoms with E-state index < -0.39 is 0 Å². The van der Waals surface area contributed by atoms with Crippen molar-refractivity contribution in [2.24, 2.45) is 14.1 Å². The first kappa shape index (κ1) is 20.5. The normalized spacial score (nSPS) is 17.2. The van der Waals surface area contributed by atoms with Crippen LogP contribution in [0.25, 0.3) is 44.4 Å². The van der Waals surface area contributed by atoms with Gasteiger partial charge in [0.25, 0.3) is 5.82 Å². The summed E-state index contributed by atoms with van der Waals surface area (Å²) in [6.07, 6.45) is 6.53. The number of benzene rings is 2. The monoisotopic (exact) mass is 438 g/mol. The lowest BCUT2D eigenvalue weighted by Gasteiger charge is -2.42. The number of hydrogen-bond donors (Lipinski definition) is 0. The highest BCUT2D eigenvalue weighted by molar-refractivity contribution is 6.11. The van der Waals surface area contributed by atoms with Crippen molar-refractivity contribution >= 4 is 33.0 Å². The van der Waals surface area contributed by atoms with Crippen LogP contribution in [0, 0.1) is 6.92 Å². The van der Waals surface area contributed by atoms with Crippen LogP contribution >= 0.6 is 0 Å². The van der Waals surface area contributed by atoms with Crippen molar-refractivity contribution < 1.29 is 8.98 Å². The molecular formula is C29H32N3O+. The lowest BCUT2D eigenvalue weighted by atomic mass is 9.62. The zero-order valence-corrected chi connectivity index (χ0v) is 20.7. The van der Waals surface area contributed by atoms with Crippen molar-refractivity contribution in [1.29, 1.82) is 0 Å². The molecule has 2 aromatic carbocycles. The first-order valence-corrected chi connectivity index (χ1v) is 11.9. The SMILES string of the molecule is Cc1ccc2c(oc3nc4c5c(ccc4cc32)C(C)(C)CCC5(C)C)c1-c1n(C)cc[n+]1C. The lowest BCUT2D eigenvalue weighted by Crippen LogP contribution is -2.34. The van der Waals surface area contributed by atoms with Gasteiger partial charge in [-0.25, -0.2) is 14.1 Å². The number of aromatic nitrogens is 3. The van der Waals surface area contributed by atoms with Crippen LogP contribution in [-0.4, -0.2) is 9.55 Å². The van der Waals surface area contributed by atoms with Crippen molar-refractivity contribution in [3.63, 3.8) is 0 Å². The molecule has 3 aromatic heterocycles. The molecular weight excluding hydrogens is 406 g/mol. The van der Waals surface area contributed by atoms with Gasteiger partial charge in [-0.15, -0.1) is 0 Å². The molecule has 4 nitrogen and oxygen atoms in total. The van der Waals surface area contributed by atoms with Crippen LogP contribution in [0.4, 0.5) is 0 Å². The van der Waals surface area contributed by atoms with Gasteiger partial charge in [-0.1, -0.05) is 52.0 Å². The van der Waals surface area contributed by atoms with E-state index in [0.717, 1.165) is 39.0 Å². The molecule has 0 amide bonds. The molecule has 4 heteroatoms. The second-order valence-corrected chi connectivity index (χ2v) is 11.2. The Labute approximate surface area is 194 Å². The minimum atomic E-state index is 0.0929. The van der Waals surface area contributed by atoms with Crippen molar-refractivity contribution in [3.8, 4) is 11.4 Å². The van der Waals surface area contributed by atoms with Crippen LogP contribution < -0.4 is 4.57 Å². The fraction of sp³-hybridized carbons (Fsp3) is 0.379. The van der Waals surface area contributed by atoms with Gasteiger partial charge >= 0.3 is 0 Å². The number of aryl methyl sites for hydroxylation is 3. The maximum absolute atomic E-state index is 6.58. The van der Waals surface area contributed by atoms with Gasteiger partial charge in [0.15, 0.2) is 5.58 Å². The molecule has 0 fully saturated rings. The molecule has 3 heterocycles. The molecule has 33 heavy (non-hydrogen) atoms. The highest BCUT2D eigenvalue weighted by Gasteiger charge is 2.38. The molecule has 0 aliphatic heterocycles. The second-order valence-electron chi connectivity index (χ2n) is 11.2. The fourth-order valence-corrected chi connectivity index (χ4v) is 5.94. The zero-order valence-electron chi connectivity index (χ0n) is 20.7. The maximum Gasteiger partial charge on any atom is 0.292 e. The van der Waals surface area contributed by atoms with Gasteiger partial charge in [0, 0.05) is 16.2 Å². The van der Waals surface area contributed by atoms with E-state index in [0.29, 0.717) is 0 Å². The average molecular weight is 439 g/mol. The summed E-state index contributed by atoms with van der Waals surface area (Å²) in [6, 6.07) is 11.3.